The van der Waals surface area contributed by atoms with Crippen LogP contribution in [0.2, 0.25) is 0 Å². The van der Waals surface area contributed by atoms with Gasteiger partial charge in [-0.3, -0.25) is 15.0 Å². The first-order valence-electron chi connectivity index (χ1n) is 6.63. The van der Waals surface area contributed by atoms with Gasteiger partial charge in [-0.25, -0.2) is 0 Å². The summed E-state index contributed by atoms with van der Waals surface area (Å²) in [5.41, 5.74) is 2.89. The zero-order valence-corrected chi connectivity index (χ0v) is 12.6. The summed E-state index contributed by atoms with van der Waals surface area (Å²) in [6, 6.07) is 10.2. The number of rotatable bonds is 5. The maximum absolute atomic E-state index is 11.9. The highest BCUT2D eigenvalue weighted by Gasteiger charge is 2.13. The molecule has 23 heavy (non-hydrogen) atoms. The lowest BCUT2D eigenvalue weighted by Gasteiger charge is -2.06. The van der Waals surface area contributed by atoms with E-state index >= 15 is 0 Å². The van der Waals surface area contributed by atoms with Gasteiger partial charge in [0.2, 0.25) is 0 Å². The smallest absolute Gasteiger partial charge is 0.268 e. The zero-order valence-electron chi connectivity index (χ0n) is 12.6. The number of methoxy groups -OCH3 is 1. The third kappa shape index (κ3) is 3.44. The molecule has 0 fully saturated rings. The lowest BCUT2D eigenvalue weighted by Crippen LogP contribution is -2.23. The maximum Gasteiger partial charge on any atom is 0.268 e. The van der Waals surface area contributed by atoms with E-state index < -0.39 is 5.56 Å². The second-order valence-electron chi connectivity index (χ2n) is 4.59. The molecule has 0 atom stereocenters. The van der Waals surface area contributed by atoms with Gasteiger partial charge in [-0.15, -0.1) is 0 Å². The number of benzene rings is 1. The van der Waals surface area contributed by atoms with Crippen LogP contribution in [0.1, 0.15) is 11.1 Å². The van der Waals surface area contributed by atoms with E-state index in [1.165, 1.54) is 23.9 Å². The number of carbonyl (C=O) groups excluding carboxylic acids is 1. The van der Waals surface area contributed by atoms with E-state index in [9.17, 15) is 9.59 Å². The summed E-state index contributed by atoms with van der Waals surface area (Å²) in [6.07, 6.45) is 1.97. The number of nitrogens with one attached hydrogen (secondary N) is 1. The Bertz CT molecular complexity index is 845. The second-order valence-corrected chi connectivity index (χ2v) is 4.59. The maximum atomic E-state index is 11.9. The fourth-order valence-electron chi connectivity index (χ4n) is 1.89. The summed E-state index contributed by atoms with van der Waals surface area (Å²) in [5.74, 6) is 0.688. The van der Waals surface area contributed by atoms with Gasteiger partial charge in [-0.05, 0) is 30.3 Å². The quantitative estimate of drug-likeness (QED) is 0.510. The average molecular weight is 310 g/mol. The molecule has 0 bridgehead atoms. The zero-order chi connectivity index (χ0) is 16.8. The van der Waals surface area contributed by atoms with E-state index in [0.29, 0.717) is 17.7 Å². The summed E-state index contributed by atoms with van der Waals surface area (Å²) in [5, 5.41) is 13.1. The van der Waals surface area contributed by atoms with Crippen molar-refractivity contribution in [3.05, 3.63) is 58.0 Å². The average Bonchev–Trinajstić information content (AvgIpc) is 2.59. The molecule has 7 heteroatoms. The summed E-state index contributed by atoms with van der Waals surface area (Å²) in [7, 11) is 3.09. The molecular weight excluding hydrogens is 296 g/mol. The first-order chi connectivity index (χ1) is 11.1. The number of aldehydes is 1. The molecule has 0 aliphatic rings. The molecule has 0 aliphatic carbocycles. The normalized spacial score (nSPS) is 10.7. The monoisotopic (exact) mass is 310 g/mol. The Morgan fingerprint density at radius 1 is 1.35 bits per heavy atom. The van der Waals surface area contributed by atoms with E-state index in [0.717, 1.165) is 0 Å². The Morgan fingerprint density at radius 2 is 2.04 bits per heavy atom. The molecule has 0 radical (unpaired) electrons. The molecular formula is C16H14N4O3. The molecule has 2 rings (SSSR count). The molecule has 0 spiro atoms. The first kappa shape index (κ1) is 16.0. The van der Waals surface area contributed by atoms with Crippen LogP contribution in [0.25, 0.3) is 0 Å². The number of anilines is 1. The van der Waals surface area contributed by atoms with Gasteiger partial charge < -0.3 is 9.30 Å². The van der Waals surface area contributed by atoms with E-state index in [-0.39, 0.29) is 16.8 Å². The molecule has 1 heterocycles. The largest absolute Gasteiger partial charge is 0.497 e. The van der Waals surface area contributed by atoms with Crippen LogP contribution in [0.5, 0.6) is 5.75 Å². The van der Waals surface area contributed by atoms with Gasteiger partial charge in [0.05, 0.1) is 12.8 Å². The van der Waals surface area contributed by atoms with Crippen LogP contribution in [0, 0.1) is 11.3 Å². The van der Waals surface area contributed by atoms with E-state index in [4.69, 9.17) is 10.00 Å². The van der Waals surface area contributed by atoms with Crippen LogP contribution in [0.3, 0.4) is 0 Å². The molecule has 1 aromatic heterocycles. The van der Waals surface area contributed by atoms with Crippen LogP contribution in [0.15, 0.2) is 46.4 Å². The number of aryl methyl sites for hydroxylation is 1. The van der Waals surface area contributed by atoms with Crippen LogP contribution < -0.4 is 15.7 Å². The Morgan fingerprint density at radius 3 is 2.61 bits per heavy atom. The van der Waals surface area contributed by atoms with E-state index in [1.807, 2.05) is 6.07 Å². The van der Waals surface area contributed by atoms with Crippen molar-refractivity contribution in [3.63, 3.8) is 0 Å². The molecule has 2 aromatic rings. The van der Waals surface area contributed by atoms with Gasteiger partial charge in [0.15, 0.2) is 6.29 Å². The molecule has 0 aliphatic heterocycles. The molecule has 7 nitrogen and oxygen atoms in total. The number of nitriles is 1. The van der Waals surface area contributed by atoms with Crippen molar-refractivity contribution in [1.82, 2.24) is 4.57 Å². The van der Waals surface area contributed by atoms with Crippen molar-refractivity contribution in [2.45, 2.75) is 0 Å². The number of pyridine rings is 1. The summed E-state index contributed by atoms with van der Waals surface area (Å²) in [6.45, 7) is 0. The van der Waals surface area contributed by atoms with Crippen molar-refractivity contribution >= 4 is 17.7 Å². The minimum atomic E-state index is -0.482. The summed E-state index contributed by atoms with van der Waals surface area (Å²) >= 11 is 0. The summed E-state index contributed by atoms with van der Waals surface area (Å²) < 4.78 is 6.31. The van der Waals surface area contributed by atoms with Crippen molar-refractivity contribution in [2.75, 3.05) is 12.5 Å². The number of hydrogen-bond donors (Lipinski definition) is 1. The fourth-order valence-corrected chi connectivity index (χ4v) is 1.89. The van der Waals surface area contributed by atoms with Gasteiger partial charge in [-0.1, -0.05) is 0 Å². The number of ether oxygens (including phenoxy) is 1. The molecule has 1 N–H and O–H groups in total. The molecule has 0 saturated heterocycles. The number of carbonyl (C=O) groups is 1. The number of nitrogens with zero attached hydrogens (tertiary/aromatic N) is 3. The standard InChI is InChI=1S/C16H14N4O3/c1-20-8-7-13(14(9-17)16(20)22)15(10-21)19-18-11-3-5-12(23-2)6-4-11/h3-8,10,18H,1-2H3/b19-15+. The molecule has 0 saturated carbocycles. The van der Waals surface area contributed by atoms with Gasteiger partial charge in [-0.2, -0.15) is 10.4 Å². The first-order valence-corrected chi connectivity index (χ1v) is 6.63. The van der Waals surface area contributed by atoms with Crippen LogP contribution in [-0.2, 0) is 11.8 Å². The highest BCUT2D eigenvalue weighted by molar-refractivity contribution is 6.37. The second kappa shape index (κ2) is 7.04. The predicted octanol–water partition coefficient (Wildman–Crippen LogP) is 1.28. The minimum absolute atomic E-state index is 0.0323. The number of hydrazone groups is 1. The van der Waals surface area contributed by atoms with Crippen LogP contribution >= 0.6 is 0 Å². The lowest BCUT2D eigenvalue weighted by atomic mass is 10.1. The van der Waals surface area contributed by atoms with Crippen LogP contribution in [-0.4, -0.2) is 23.7 Å². The fraction of sp³-hybridized carbons (Fsp3) is 0.125. The van der Waals surface area contributed by atoms with Gasteiger partial charge >= 0.3 is 0 Å². The van der Waals surface area contributed by atoms with Crippen molar-refractivity contribution < 1.29 is 9.53 Å². The Labute approximate surface area is 132 Å². The highest BCUT2D eigenvalue weighted by Crippen LogP contribution is 2.15. The predicted molar refractivity (Wildman–Crippen MR) is 85.6 cm³/mol. The Balaban J connectivity index is 2.36. The molecule has 0 amide bonds. The Hall–Kier alpha value is -3.40. The molecule has 0 unspecified atom stereocenters. The third-order valence-corrected chi connectivity index (χ3v) is 3.16. The minimum Gasteiger partial charge on any atom is -0.497 e. The molecule has 1 aromatic carbocycles. The van der Waals surface area contributed by atoms with Gasteiger partial charge in [0, 0.05) is 18.8 Å². The summed E-state index contributed by atoms with van der Waals surface area (Å²) in [4.78, 5) is 23.2. The van der Waals surface area contributed by atoms with E-state index in [2.05, 4.69) is 10.5 Å². The topological polar surface area (TPSA) is 96.5 Å². The highest BCUT2D eigenvalue weighted by atomic mass is 16.5. The Kier molecular flexibility index (Phi) is 4.89. The van der Waals surface area contributed by atoms with Gasteiger partial charge in [0.25, 0.3) is 5.56 Å². The van der Waals surface area contributed by atoms with Crippen molar-refractivity contribution in [3.8, 4) is 11.8 Å². The lowest BCUT2D eigenvalue weighted by molar-refractivity contribution is -0.102. The SMILES string of the molecule is COc1ccc(N/N=C(\C=O)c2ccn(C)c(=O)c2C#N)cc1. The molecule has 116 valence electrons. The van der Waals surface area contributed by atoms with Crippen LogP contribution in [0.4, 0.5) is 5.69 Å². The number of aromatic nitrogens is 1. The van der Waals surface area contributed by atoms with Gasteiger partial charge in [0.1, 0.15) is 23.1 Å². The third-order valence-electron chi connectivity index (χ3n) is 3.16. The number of hydrogen-bond acceptors (Lipinski definition) is 6. The van der Waals surface area contributed by atoms with Crippen molar-refractivity contribution in [2.24, 2.45) is 12.1 Å². The van der Waals surface area contributed by atoms with E-state index in [1.54, 1.807) is 31.4 Å². The van der Waals surface area contributed by atoms with Crippen molar-refractivity contribution in [1.29, 1.82) is 5.26 Å².